The number of carbonyl (C=O) groups is 1. The molecule has 0 aromatic heterocycles. The van der Waals surface area contributed by atoms with Crippen LogP contribution in [0.5, 0.6) is 0 Å². The molecule has 3 rings (SSSR count). The van der Waals surface area contributed by atoms with E-state index in [0.29, 0.717) is 38.3 Å². The number of benzene rings is 1. The van der Waals surface area contributed by atoms with Gasteiger partial charge in [0.1, 0.15) is 0 Å². The second kappa shape index (κ2) is 8.99. The molecule has 1 N–H and O–H groups in total. The van der Waals surface area contributed by atoms with Gasteiger partial charge >= 0.3 is 6.18 Å². The molecule has 29 heavy (non-hydrogen) atoms. The molecule has 7 nitrogen and oxygen atoms in total. The molecule has 1 amide bonds. The third-order valence-electron chi connectivity index (χ3n) is 5.15. The van der Waals surface area contributed by atoms with Crippen molar-refractivity contribution in [3.8, 4) is 0 Å². The minimum Gasteiger partial charge on any atom is -0.379 e. The Morgan fingerprint density at radius 3 is 2.55 bits per heavy atom. The van der Waals surface area contributed by atoms with Crippen LogP contribution in [0.3, 0.4) is 0 Å². The van der Waals surface area contributed by atoms with Crippen LogP contribution < -0.4 is 4.72 Å². The summed E-state index contributed by atoms with van der Waals surface area (Å²) in [5.74, 6) is -0.151. The smallest absolute Gasteiger partial charge is 0.379 e. The predicted octanol–water partition coefficient (Wildman–Crippen LogP) is 1.16. The largest absolute Gasteiger partial charge is 0.417 e. The topological polar surface area (TPSA) is 79.0 Å². The highest BCUT2D eigenvalue weighted by atomic mass is 32.2. The molecule has 0 bridgehead atoms. The minimum absolute atomic E-state index is 0.291. The fourth-order valence-corrected chi connectivity index (χ4v) is 4.84. The van der Waals surface area contributed by atoms with Gasteiger partial charge in [0.05, 0.1) is 30.2 Å². The summed E-state index contributed by atoms with van der Waals surface area (Å²) in [5.41, 5.74) is -1.26. The first-order chi connectivity index (χ1) is 13.7. The van der Waals surface area contributed by atoms with Crippen LogP contribution in [0.4, 0.5) is 13.2 Å². The third kappa shape index (κ3) is 5.68. The van der Waals surface area contributed by atoms with Crippen molar-refractivity contribution in [3.05, 3.63) is 29.8 Å². The van der Waals surface area contributed by atoms with Gasteiger partial charge in [-0.25, -0.2) is 13.1 Å². The summed E-state index contributed by atoms with van der Waals surface area (Å²) in [5, 5.41) is 0. The Balaban J connectivity index is 1.55. The van der Waals surface area contributed by atoms with E-state index < -0.39 is 39.1 Å². The highest BCUT2D eigenvalue weighted by Gasteiger charge is 2.37. The van der Waals surface area contributed by atoms with E-state index in [1.54, 1.807) is 4.90 Å². The number of likely N-dealkylation sites (tertiary alicyclic amines) is 1. The molecular formula is C18H24F3N3O4S. The van der Waals surface area contributed by atoms with Crippen LogP contribution in [0, 0.1) is 5.92 Å². The fourth-order valence-electron chi connectivity index (χ4n) is 3.64. The van der Waals surface area contributed by atoms with Gasteiger partial charge in [-0.15, -0.1) is 0 Å². The Hall–Kier alpha value is -1.69. The van der Waals surface area contributed by atoms with Crippen LogP contribution in [0.1, 0.15) is 12.0 Å². The lowest BCUT2D eigenvalue weighted by Gasteiger charge is -2.29. The van der Waals surface area contributed by atoms with E-state index in [1.165, 1.54) is 6.07 Å². The van der Waals surface area contributed by atoms with E-state index in [0.717, 1.165) is 38.2 Å². The van der Waals surface area contributed by atoms with Crippen molar-refractivity contribution in [1.29, 1.82) is 0 Å². The van der Waals surface area contributed by atoms with E-state index in [-0.39, 0.29) is 0 Å². The first-order valence-electron chi connectivity index (χ1n) is 9.40. The van der Waals surface area contributed by atoms with Crippen LogP contribution in [0.2, 0.25) is 0 Å². The zero-order valence-electron chi connectivity index (χ0n) is 15.8. The Labute approximate surface area is 167 Å². The predicted molar refractivity (Wildman–Crippen MR) is 98.6 cm³/mol. The molecule has 0 aliphatic carbocycles. The van der Waals surface area contributed by atoms with E-state index in [2.05, 4.69) is 4.90 Å². The van der Waals surface area contributed by atoms with E-state index in [9.17, 15) is 26.4 Å². The summed E-state index contributed by atoms with van der Waals surface area (Å²) in [7, 11) is -4.47. The SMILES string of the molecule is O=C(CNS(=O)(=O)c1ccccc1C(F)(F)F)N1CC[C@H](CN2CCOCC2)C1. The number of carbonyl (C=O) groups excluding carboxylic acids is 1. The average molecular weight is 435 g/mol. The molecule has 0 saturated carbocycles. The number of halogens is 3. The molecule has 11 heteroatoms. The maximum Gasteiger partial charge on any atom is 0.417 e. The lowest BCUT2D eigenvalue weighted by atomic mass is 10.1. The van der Waals surface area contributed by atoms with Crippen molar-refractivity contribution in [3.63, 3.8) is 0 Å². The molecule has 1 aromatic rings. The maximum atomic E-state index is 13.1. The lowest BCUT2D eigenvalue weighted by Crippen LogP contribution is -2.41. The van der Waals surface area contributed by atoms with Gasteiger partial charge in [0.15, 0.2) is 0 Å². The highest BCUT2D eigenvalue weighted by molar-refractivity contribution is 7.89. The van der Waals surface area contributed by atoms with Crippen molar-refractivity contribution >= 4 is 15.9 Å². The maximum absolute atomic E-state index is 13.1. The van der Waals surface area contributed by atoms with Crippen LogP contribution in [-0.4, -0.2) is 76.6 Å². The molecule has 1 atom stereocenters. The van der Waals surface area contributed by atoms with Crippen molar-refractivity contribution in [2.75, 3.05) is 52.5 Å². The van der Waals surface area contributed by atoms with E-state index >= 15 is 0 Å². The molecule has 162 valence electrons. The molecule has 0 unspecified atom stereocenters. The standard InChI is InChI=1S/C18H24F3N3O4S/c19-18(20,21)15-3-1-2-4-16(15)29(26,27)22-11-17(25)24-6-5-14(13-24)12-23-7-9-28-10-8-23/h1-4,14,22H,5-13H2/t14-/m1/s1. The minimum atomic E-state index is -4.81. The summed E-state index contributed by atoms with van der Waals surface area (Å²) in [6.07, 6.45) is -4.00. The summed E-state index contributed by atoms with van der Waals surface area (Å²) >= 11 is 0. The van der Waals surface area contributed by atoms with Crippen LogP contribution in [-0.2, 0) is 25.7 Å². The molecule has 2 aliphatic heterocycles. The first kappa shape index (κ1) is 22.0. The Morgan fingerprint density at radius 2 is 1.86 bits per heavy atom. The number of morpholine rings is 1. The van der Waals surface area contributed by atoms with E-state index in [1.807, 2.05) is 4.72 Å². The number of nitrogens with one attached hydrogen (secondary N) is 1. The average Bonchev–Trinajstić information content (AvgIpc) is 3.15. The molecule has 0 radical (unpaired) electrons. The van der Waals surface area contributed by atoms with Gasteiger partial charge in [-0.1, -0.05) is 12.1 Å². The van der Waals surface area contributed by atoms with Crippen molar-refractivity contribution < 1.29 is 31.1 Å². The third-order valence-corrected chi connectivity index (χ3v) is 6.61. The van der Waals surface area contributed by atoms with Crippen molar-refractivity contribution in [1.82, 2.24) is 14.5 Å². The van der Waals surface area contributed by atoms with Crippen molar-refractivity contribution in [2.24, 2.45) is 5.92 Å². The van der Waals surface area contributed by atoms with Gasteiger partial charge in [0.25, 0.3) is 0 Å². The summed E-state index contributed by atoms with van der Waals surface area (Å²) < 4.78 is 71.3. The Morgan fingerprint density at radius 1 is 1.17 bits per heavy atom. The number of nitrogens with zero attached hydrogens (tertiary/aromatic N) is 2. The molecule has 1 aromatic carbocycles. The number of amides is 1. The summed E-state index contributed by atoms with van der Waals surface area (Å²) in [6, 6.07) is 3.91. The number of sulfonamides is 1. The molecule has 2 saturated heterocycles. The number of rotatable bonds is 6. The first-order valence-corrected chi connectivity index (χ1v) is 10.9. The molecule has 2 heterocycles. The molecule has 0 spiro atoms. The van der Waals surface area contributed by atoms with E-state index in [4.69, 9.17) is 4.74 Å². The lowest BCUT2D eigenvalue weighted by molar-refractivity contribution is -0.139. The normalized spacial score (nSPS) is 21.5. The number of hydrogen-bond acceptors (Lipinski definition) is 5. The second-order valence-corrected chi connectivity index (χ2v) is 8.96. The molecule has 2 fully saturated rings. The highest BCUT2D eigenvalue weighted by Crippen LogP contribution is 2.33. The quantitative estimate of drug-likeness (QED) is 0.726. The van der Waals surface area contributed by atoms with Crippen LogP contribution >= 0.6 is 0 Å². The monoisotopic (exact) mass is 435 g/mol. The summed E-state index contributed by atoms with van der Waals surface area (Å²) in [4.78, 5) is 15.3. The van der Waals surface area contributed by atoms with Crippen LogP contribution in [0.15, 0.2) is 29.2 Å². The van der Waals surface area contributed by atoms with Gasteiger partial charge in [-0.3, -0.25) is 9.69 Å². The Bertz CT molecular complexity index is 826. The number of hydrogen-bond donors (Lipinski definition) is 1. The zero-order valence-corrected chi connectivity index (χ0v) is 16.6. The van der Waals surface area contributed by atoms with Gasteiger partial charge in [0, 0.05) is 32.7 Å². The number of ether oxygens (including phenoxy) is 1. The van der Waals surface area contributed by atoms with Gasteiger partial charge in [0.2, 0.25) is 15.9 Å². The molecule has 2 aliphatic rings. The van der Waals surface area contributed by atoms with Gasteiger partial charge in [-0.05, 0) is 24.5 Å². The van der Waals surface area contributed by atoms with Crippen LogP contribution in [0.25, 0.3) is 0 Å². The number of alkyl halides is 3. The van der Waals surface area contributed by atoms with Crippen molar-refractivity contribution in [2.45, 2.75) is 17.5 Å². The Kier molecular flexibility index (Phi) is 6.82. The molecular weight excluding hydrogens is 411 g/mol. The second-order valence-electron chi connectivity index (χ2n) is 7.23. The fraction of sp³-hybridized carbons (Fsp3) is 0.611. The zero-order chi connectivity index (χ0) is 21.1. The van der Waals surface area contributed by atoms with Gasteiger partial charge in [-0.2, -0.15) is 13.2 Å². The summed E-state index contributed by atoms with van der Waals surface area (Å²) in [6.45, 7) is 4.38. The van der Waals surface area contributed by atoms with Gasteiger partial charge < -0.3 is 9.64 Å².